The second-order valence-electron chi connectivity index (χ2n) is 6.15. The minimum absolute atomic E-state index is 0.0850. The van der Waals surface area contributed by atoms with Crippen molar-refractivity contribution in [2.24, 2.45) is 0 Å². The lowest BCUT2D eigenvalue weighted by atomic mass is 10.2. The molecular formula is C18H20N6O4S. The molecule has 0 saturated heterocycles. The number of hydrogen-bond donors (Lipinski definition) is 5. The molecule has 0 spiro atoms. The summed E-state index contributed by atoms with van der Waals surface area (Å²) in [4.78, 5) is 12.9. The first-order valence-corrected chi connectivity index (χ1v) is 10.1. The van der Waals surface area contributed by atoms with Crippen molar-refractivity contribution in [3.63, 3.8) is 0 Å². The second kappa shape index (κ2) is 8.82. The van der Waals surface area contributed by atoms with Crippen molar-refractivity contribution in [1.82, 2.24) is 15.0 Å². The molecule has 11 heteroatoms. The third kappa shape index (κ3) is 5.60. The quantitative estimate of drug-likeness (QED) is 0.273. The number of nitrogens with one attached hydrogen (secondary N) is 3. The van der Waals surface area contributed by atoms with Gasteiger partial charge in [0.15, 0.2) is 5.82 Å². The van der Waals surface area contributed by atoms with Gasteiger partial charge in [-0.15, -0.1) is 0 Å². The van der Waals surface area contributed by atoms with E-state index in [0.29, 0.717) is 28.8 Å². The Morgan fingerprint density at radius 1 is 1.03 bits per heavy atom. The molecule has 10 nitrogen and oxygen atoms in total. The van der Waals surface area contributed by atoms with Gasteiger partial charge in [-0.25, -0.2) is 4.98 Å². The van der Waals surface area contributed by atoms with Crippen molar-refractivity contribution in [2.75, 3.05) is 22.8 Å². The van der Waals surface area contributed by atoms with Crippen LogP contribution >= 0.6 is 0 Å². The zero-order valence-electron chi connectivity index (χ0n) is 15.4. The minimum Gasteiger partial charge on any atom is -0.394 e. The molecule has 0 aliphatic rings. The molecule has 0 amide bonds. The molecule has 3 rings (SSSR count). The summed E-state index contributed by atoms with van der Waals surface area (Å²) in [7, 11) is -4.25. The summed E-state index contributed by atoms with van der Waals surface area (Å²) in [6.07, 6.45) is 1.66. The Morgan fingerprint density at radius 2 is 1.79 bits per heavy atom. The normalized spacial score (nSPS) is 12.2. The lowest BCUT2D eigenvalue weighted by molar-refractivity contribution is 0.281. The number of benzene rings is 1. The Kier molecular flexibility index (Phi) is 6.22. The van der Waals surface area contributed by atoms with E-state index in [0.717, 1.165) is 0 Å². The zero-order valence-corrected chi connectivity index (χ0v) is 16.3. The summed E-state index contributed by atoms with van der Waals surface area (Å²) in [6.45, 7) is 1.71. The number of aliphatic hydroxyl groups is 1. The summed E-state index contributed by atoms with van der Waals surface area (Å²) >= 11 is 0. The van der Waals surface area contributed by atoms with Gasteiger partial charge in [0.05, 0.1) is 28.6 Å². The highest BCUT2D eigenvalue weighted by Gasteiger charge is 2.11. The number of nitrogens with zero attached hydrogens (tertiary/aromatic N) is 3. The van der Waals surface area contributed by atoms with E-state index in [4.69, 9.17) is 4.55 Å². The number of rotatable bonds is 8. The van der Waals surface area contributed by atoms with E-state index in [-0.39, 0.29) is 17.5 Å². The van der Waals surface area contributed by atoms with Crippen LogP contribution in [0, 0.1) is 0 Å². The van der Waals surface area contributed by atoms with Crippen LogP contribution in [0.1, 0.15) is 6.92 Å². The molecule has 5 N–H and O–H groups in total. The monoisotopic (exact) mass is 416 g/mol. The van der Waals surface area contributed by atoms with Gasteiger partial charge in [-0.05, 0) is 43.3 Å². The Bertz CT molecular complexity index is 1060. The van der Waals surface area contributed by atoms with E-state index in [2.05, 4.69) is 31.1 Å². The highest BCUT2D eigenvalue weighted by molar-refractivity contribution is 7.85. The van der Waals surface area contributed by atoms with E-state index in [9.17, 15) is 13.5 Å². The highest BCUT2D eigenvalue weighted by atomic mass is 32.2. The van der Waals surface area contributed by atoms with Crippen LogP contribution in [0.3, 0.4) is 0 Å². The molecule has 29 heavy (non-hydrogen) atoms. The molecule has 0 fully saturated rings. The van der Waals surface area contributed by atoms with Crippen LogP contribution in [0.2, 0.25) is 0 Å². The molecule has 2 heterocycles. The maximum absolute atomic E-state index is 11.1. The lowest BCUT2D eigenvalue weighted by Gasteiger charge is -2.15. The molecule has 0 aliphatic heterocycles. The predicted molar refractivity (Wildman–Crippen MR) is 109 cm³/mol. The number of aromatic nitrogens is 3. The van der Waals surface area contributed by atoms with E-state index < -0.39 is 10.1 Å². The van der Waals surface area contributed by atoms with Crippen molar-refractivity contribution in [1.29, 1.82) is 0 Å². The molecule has 2 aromatic heterocycles. The number of hydrogen-bond acceptors (Lipinski definition) is 9. The predicted octanol–water partition coefficient (Wildman–Crippen LogP) is 2.02. The highest BCUT2D eigenvalue weighted by Crippen LogP contribution is 2.20. The molecule has 1 atom stereocenters. The Balaban J connectivity index is 1.82. The third-order valence-electron chi connectivity index (χ3n) is 3.79. The smallest absolute Gasteiger partial charge is 0.294 e. The first-order valence-electron chi connectivity index (χ1n) is 8.62. The van der Waals surface area contributed by atoms with Crippen LogP contribution < -0.4 is 16.2 Å². The van der Waals surface area contributed by atoms with Gasteiger partial charge in [-0.3, -0.25) is 20.4 Å². The SMILES string of the molecule is C[C@H](CO)Nc1nc(NNc2ccc(S(=O)(=O)O)cc2)cc(-c2ccccn2)n1. The van der Waals surface area contributed by atoms with Gasteiger partial charge in [-0.2, -0.15) is 13.4 Å². The molecule has 0 aliphatic carbocycles. The molecule has 152 valence electrons. The van der Waals surface area contributed by atoms with Crippen molar-refractivity contribution < 1.29 is 18.1 Å². The van der Waals surface area contributed by atoms with Crippen LogP contribution in [-0.2, 0) is 10.1 Å². The van der Waals surface area contributed by atoms with Gasteiger partial charge in [0, 0.05) is 18.3 Å². The fraction of sp³-hybridized carbons (Fsp3) is 0.167. The maximum Gasteiger partial charge on any atom is 0.294 e. The minimum atomic E-state index is -4.25. The summed E-state index contributed by atoms with van der Waals surface area (Å²) in [5, 5.41) is 12.3. The van der Waals surface area contributed by atoms with Crippen molar-refractivity contribution in [3.05, 3.63) is 54.7 Å². The van der Waals surface area contributed by atoms with Crippen molar-refractivity contribution >= 4 is 27.6 Å². The molecule has 0 radical (unpaired) electrons. The van der Waals surface area contributed by atoms with Crippen molar-refractivity contribution in [3.8, 4) is 11.4 Å². The molecular weight excluding hydrogens is 396 g/mol. The van der Waals surface area contributed by atoms with Crippen LogP contribution in [0.4, 0.5) is 17.5 Å². The number of hydrazine groups is 1. The fourth-order valence-electron chi connectivity index (χ4n) is 2.33. The lowest BCUT2D eigenvalue weighted by Crippen LogP contribution is -2.21. The summed E-state index contributed by atoms with van der Waals surface area (Å²) in [5.41, 5.74) is 7.58. The molecule has 3 aromatic rings. The standard InChI is InChI=1S/C18H20N6O4S/c1-12(11-25)20-18-21-16(15-4-2-3-9-19-15)10-17(22-18)24-23-13-5-7-14(8-6-13)29(26,27)28/h2-10,12,23,25H,11H2,1H3,(H,26,27,28)(H2,20,21,22,24)/t12-/m1/s1. The van der Waals surface area contributed by atoms with Crippen LogP contribution in [0.15, 0.2) is 59.6 Å². The topological polar surface area (TPSA) is 149 Å². The van der Waals surface area contributed by atoms with Gasteiger partial charge in [0.1, 0.15) is 0 Å². The fourth-order valence-corrected chi connectivity index (χ4v) is 2.81. The van der Waals surface area contributed by atoms with E-state index >= 15 is 0 Å². The van der Waals surface area contributed by atoms with Crippen LogP contribution in [0.5, 0.6) is 0 Å². The van der Waals surface area contributed by atoms with E-state index in [1.807, 2.05) is 12.1 Å². The zero-order chi connectivity index (χ0) is 20.9. The Morgan fingerprint density at radius 3 is 2.41 bits per heavy atom. The first kappa shape index (κ1) is 20.5. The van der Waals surface area contributed by atoms with Gasteiger partial charge in [0.25, 0.3) is 10.1 Å². The van der Waals surface area contributed by atoms with Gasteiger partial charge in [0.2, 0.25) is 5.95 Å². The van der Waals surface area contributed by atoms with Crippen LogP contribution in [0.25, 0.3) is 11.4 Å². The summed E-state index contributed by atoms with van der Waals surface area (Å²) < 4.78 is 31.3. The van der Waals surface area contributed by atoms with Crippen LogP contribution in [-0.4, -0.2) is 45.7 Å². The maximum atomic E-state index is 11.1. The van der Waals surface area contributed by atoms with Gasteiger partial charge >= 0.3 is 0 Å². The second-order valence-corrected chi connectivity index (χ2v) is 7.58. The van der Waals surface area contributed by atoms with Gasteiger partial charge in [-0.1, -0.05) is 6.07 Å². The molecule has 1 aromatic carbocycles. The Labute approximate surface area is 167 Å². The average Bonchev–Trinajstić information content (AvgIpc) is 2.72. The molecule has 0 bridgehead atoms. The molecule has 0 unspecified atom stereocenters. The van der Waals surface area contributed by atoms with Gasteiger partial charge < -0.3 is 10.4 Å². The van der Waals surface area contributed by atoms with E-state index in [1.165, 1.54) is 24.3 Å². The number of pyridine rings is 1. The largest absolute Gasteiger partial charge is 0.394 e. The number of anilines is 3. The van der Waals surface area contributed by atoms with Crippen molar-refractivity contribution in [2.45, 2.75) is 17.9 Å². The Hall–Kier alpha value is -3.28. The summed E-state index contributed by atoms with van der Waals surface area (Å²) in [5.74, 6) is 0.730. The first-order chi connectivity index (χ1) is 13.8. The molecule has 0 saturated carbocycles. The average molecular weight is 416 g/mol. The third-order valence-corrected chi connectivity index (χ3v) is 4.66. The van der Waals surface area contributed by atoms with E-state index in [1.54, 1.807) is 25.3 Å². The number of aliphatic hydroxyl groups excluding tert-OH is 1. The summed E-state index contributed by atoms with van der Waals surface area (Å²) in [6, 6.07) is 12.4.